The monoisotopic (exact) mass is 440 g/mol. The maximum Gasteiger partial charge on any atom is 0.131 e. The average molecular weight is 441 g/mol. The lowest BCUT2D eigenvalue weighted by atomic mass is 9.75. The smallest absolute Gasteiger partial charge is 0.131 e. The lowest BCUT2D eigenvalue weighted by molar-refractivity contribution is 0.223. The van der Waals surface area contributed by atoms with Crippen LogP contribution in [0.5, 0.6) is 0 Å². The molecule has 2 aliphatic rings. The van der Waals surface area contributed by atoms with E-state index in [9.17, 15) is 0 Å². The van der Waals surface area contributed by atoms with Crippen molar-refractivity contribution in [3.05, 3.63) is 23.8 Å². The summed E-state index contributed by atoms with van der Waals surface area (Å²) in [5.41, 5.74) is 1.34. The highest BCUT2D eigenvalue weighted by atomic mass is 14.9. The van der Waals surface area contributed by atoms with E-state index >= 15 is 0 Å². The van der Waals surface area contributed by atoms with Gasteiger partial charge in [0, 0.05) is 18.3 Å². The van der Waals surface area contributed by atoms with Crippen molar-refractivity contribution < 1.29 is 0 Å². The third-order valence-corrected chi connectivity index (χ3v) is 8.65. The van der Waals surface area contributed by atoms with Crippen LogP contribution in [0, 0.1) is 17.8 Å². The van der Waals surface area contributed by atoms with Crippen LogP contribution < -0.4 is 0 Å². The van der Waals surface area contributed by atoms with Crippen molar-refractivity contribution in [2.75, 3.05) is 0 Å². The SMILES string of the molecule is CCCCCCCCCc1cnc(C2CCC(CC[C@H]3CC[C@H](CCC)CC3)CC2)nc1. The second-order valence-corrected chi connectivity index (χ2v) is 11.3. The number of rotatable bonds is 14. The maximum atomic E-state index is 4.80. The molecule has 2 saturated carbocycles. The van der Waals surface area contributed by atoms with Crippen LogP contribution in [0.25, 0.3) is 0 Å². The standard InChI is InChI=1S/C30H52N2/c1-3-5-6-7-8-9-10-12-28-23-31-30(32-24-28)29-21-19-27(20-22-29)18-17-26-15-13-25(11-4-2)14-16-26/h23-27,29H,3-22H2,1-2H3/t25-,26-,27?,29?. The Labute approximate surface area is 199 Å². The van der Waals surface area contributed by atoms with Crippen molar-refractivity contribution in [2.24, 2.45) is 17.8 Å². The topological polar surface area (TPSA) is 25.8 Å². The Kier molecular flexibility index (Phi) is 12.1. The summed E-state index contributed by atoms with van der Waals surface area (Å²) >= 11 is 0. The van der Waals surface area contributed by atoms with Gasteiger partial charge in [-0.3, -0.25) is 0 Å². The van der Waals surface area contributed by atoms with Crippen LogP contribution in [0.3, 0.4) is 0 Å². The van der Waals surface area contributed by atoms with Gasteiger partial charge in [-0.25, -0.2) is 9.97 Å². The van der Waals surface area contributed by atoms with Crippen molar-refractivity contribution in [2.45, 2.75) is 148 Å². The van der Waals surface area contributed by atoms with E-state index in [0.29, 0.717) is 5.92 Å². The highest BCUT2D eigenvalue weighted by Crippen LogP contribution is 2.39. The summed E-state index contributed by atoms with van der Waals surface area (Å²) in [7, 11) is 0. The minimum absolute atomic E-state index is 0.614. The molecule has 0 aliphatic heterocycles. The van der Waals surface area contributed by atoms with E-state index in [1.165, 1.54) is 128 Å². The van der Waals surface area contributed by atoms with Gasteiger partial charge in [0.1, 0.15) is 5.82 Å². The summed E-state index contributed by atoms with van der Waals surface area (Å²) in [5.74, 6) is 4.79. The number of hydrogen-bond donors (Lipinski definition) is 0. The highest BCUT2D eigenvalue weighted by molar-refractivity contribution is 5.08. The molecule has 1 aromatic rings. The van der Waals surface area contributed by atoms with Gasteiger partial charge < -0.3 is 0 Å². The van der Waals surface area contributed by atoms with E-state index in [1.807, 2.05) is 0 Å². The van der Waals surface area contributed by atoms with Gasteiger partial charge >= 0.3 is 0 Å². The molecule has 0 unspecified atom stereocenters. The zero-order valence-corrected chi connectivity index (χ0v) is 21.5. The van der Waals surface area contributed by atoms with Crippen molar-refractivity contribution >= 4 is 0 Å². The minimum Gasteiger partial charge on any atom is -0.241 e. The van der Waals surface area contributed by atoms with Crippen molar-refractivity contribution in [1.29, 1.82) is 0 Å². The highest BCUT2D eigenvalue weighted by Gasteiger charge is 2.26. The Morgan fingerprint density at radius 1 is 0.594 bits per heavy atom. The van der Waals surface area contributed by atoms with E-state index in [0.717, 1.165) is 30.0 Å². The largest absolute Gasteiger partial charge is 0.241 e. The fraction of sp³-hybridized carbons (Fsp3) is 0.867. The Morgan fingerprint density at radius 2 is 1.09 bits per heavy atom. The first-order chi connectivity index (χ1) is 15.8. The predicted molar refractivity (Wildman–Crippen MR) is 138 cm³/mol. The Balaban J connectivity index is 1.27. The summed E-state index contributed by atoms with van der Waals surface area (Å²) in [6.07, 6.45) is 32.3. The van der Waals surface area contributed by atoms with E-state index in [1.54, 1.807) is 0 Å². The molecule has 1 aromatic heterocycles. The Bertz CT molecular complexity index is 579. The molecule has 1 heterocycles. The maximum absolute atomic E-state index is 4.80. The Morgan fingerprint density at radius 3 is 1.66 bits per heavy atom. The minimum atomic E-state index is 0.614. The number of aromatic nitrogens is 2. The third kappa shape index (κ3) is 9.14. The number of nitrogens with zero attached hydrogens (tertiary/aromatic N) is 2. The third-order valence-electron chi connectivity index (χ3n) is 8.65. The molecule has 32 heavy (non-hydrogen) atoms. The molecule has 0 spiro atoms. The van der Waals surface area contributed by atoms with Gasteiger partial charge in [-0.2, -0.15) is 0 Å². The van der Waals surface area contributed by atoms with Crippen LogP contribution in [0.2, 0.25) is 0 Å². The van der Waals surface area contributed by atoms with Crippen molar-refractivity contribution in [1.82, 2.24) is 9.97 Å². The molecular weight excluding hydrogens is 388 g/mol. The molecular formula is C30H52N2. The normalized spacial score (nSPS) is 26.3. The van der Waals surface area contributed by atoms with Crippen LogP contribution in [-0.4, -0.2) is 9.97 Å². The van der Waals surface area contributed by atoms with Crippen LogP contribution in [-0.2, 0) is 6.42 Å². The molecule has 2 aliphatic carbocycles. The number of hydrogen-bond acceptors (Lipinski definition) is 2. The van der Waals surface area contributed by atoms with Crippen molar-refractivity contribution in [3.8, 4) is 0 Å². The van der Waals surface area contributed by atoms with Gasteiger partial charge in [-0.1, -0.05) is 104 Å². The van der Waals surface area contributed by atoms with E-state index in [4.69, 9.17) is 9.97 Å². The molecule has 2 fully saturated rings. The van der Waals surface area contributed by atoms with E-state index < -0.39 is 0 Å². The molecule has 2 nitrogen and oxygen atoms in total. The molecule has 0 radical (unpaired) electrons. The lowest BCUT2D eigenvalue weighted by Crippen LogP contribution is -2.18. The molecule has 3 rings (SSSR count). The first-order valence-electron chi connectivity index (χ1n) is 14.6. The molecule has 0 saturated heterocycles. The fourth-order valence-electron chi connectivity index (χ4n) is 6.39. The predicted octanol–water partition coefficient (Wildman–Crippen LogP) is 9.43. The summed E-state index contributed by atoms with van der Waals surface area (Å²) < 4.78 is 0. The molecule has 0 aromatic carbocycles. The first kappa shape index (κ1) is 25.7. The summed E-state index contributed by atoms with van der Waals surface area (Å²) in [5, 5.41) is 0. The van der Waals surface area contributed by atoms with E-state index in [2.05, 4.69) is 26.2 Å². The van der Waals surface area contributed by atoms with E-state index in [-0.39, 0.29) is 0 Å². The first-order valence-corrected chi connectivity index (χ1v) is 14.6. The van der Waals surface area contributed by atoms with Crippen molar-refractivity contribution in [3.63, 3.8) is 0 Å². The quantitative estimate of drug-likeness (QED) is 0.269. The molecule has 0 bridgehead atoms. The number of aryl methyl sites for hydroxylation is 1. The van der Waals surface area contributed by atoms with Crippen LogP contribution in [0.15, 0.2) is 12.4 Å². The molecule has 0 amide bonds. The summed E-state index contributed by atoms with van der Waals surface area (Å²) in [4.78, 5) is 9.59. The van der Waals surface area contributed by atoms with Gasteiger partial charge in [-0.15, -0.1) is 0 Å². The van der Waals surface area contributed by atoms with Gasteiger partial charge in [0.2, 0.25) is 0 Å². The number of unbranched alkanes of at least 4 members (excludes halogenated alkanes) is 6. The lowest BCUT2D eigenvalue weighted by Gasteiger charge is -2.31. The van der Waals surface area contributed by atoms with Crippen LogP contribution in [0.1, 0.15) is 153 Å². The average Bonchev–Trinajstić information content (AvgIpc) is 2.84. The second-order valence-electron chi connectivity index (χ2n) is 11.3. The zero-order valence-electron chi connectivity index (χ0n) is 21.5. The van der Waals surface area contributed by atoms with Crippen LogP contribution in [0.4, 0.5) is 0 Å². The Hall–Kier alpha value is -0.920. The zero-order chi connectivity index (χ0) is 22.4. The molecule has 0 N–H and O–H groups in total. The molecule has 2 heteroatoms. The second kappa shape index (κ2) is 15.1. The fourth-order valence-corrected chi connectivity index (χ4v) is 6.39. The van der Waals surface area contributed by atoms with Gasteiger partial charge in [0.05, 0.1) is 0 Å². The van der Waals surface area contributed by atoms with Gasteiger partial charge in [-0.05, 0) is 61.8 Å². The summed E-state index contributed by atoms with van der Waals surface area (Å²) in [6, 6.07) is 0. The van der Waals surface area contributed by atoms with Gasteiger partial charge in [0.15, 0.2) is 0 Å². The van der Waals surface area contributed by atoms with Gasteiger partial charge in [0.25, 0.3) is 0 Å². The molecule has 0 atom stereocenters. The van der Waals surface area contributed by atoms with Crippen LogP contribution >= 0.6 is 0 Å². The molecule has 182 valence electrons. The summed E-state index contributed by atoms with van der Waals surface area (Å²) in [6.45, 7) is 4.63.